The molecule has 2 heterocycles. The van der Waals surface area contributed by atoms with Gasteiger partial charge in [0.15, 0.2) is 0 Å². The molecule has 0 unspecified atom stereocenters. The van der Waals surface area contributed by atoms with Gasteiger partial charge in [-0.3, -0.25) is 29.0 Å². The highest BCUT2D eigenvalue weighted by Crippen LogP contribution is 2.63. The molecule has 3 aromatic carbocycles. The third-order valence-corrected chi connectivity index (χ3v) is 10.8. The number of nitrogens with zero attached hydrogens (tertiary/aromatic N) is 2. The van der Waals surface area contributed by atoms with E-state index in [1.54, 1.807) is 0 Å². The van der Waals surface area contributed by atoms with Gasteiger partial charge in [-0.15, -0.1) is 0 Å². The largest absolute Gasteiger partial charge is 0.274 e. The van der Waals surface area contributed by atoms with Crippen LogP contribution in [0.3, 0.4) is 0 Å². The molecule has 0 spiro atoms. The van der Waals surface area contributed by atoms with Crippen molar-refractivity contribution in [3.63, 3.8) is 0 Å². The van der Waals surface area contributed by atoms with Crippen molar-refractivity contribution in [1.29, 1.82) is 0 Å². The minimum atomic E-state index is -0.574. The van der Waals surface area contributed by atoms with Crippen LogP contribution in [0.1, 0.15) is 37.0 Å². The fourth-order valence-corrected chi connectivity index (χ4v) is 8.79. The van der Waals surface area contributed by atoms with E-state index in [0.717, 1.165) is 40.7 Å². The summed E-state index contributed by atoms with van der Waals surface area (Å²) in [5.41, 5.74) is 6.60. The van der Waals surface area contributed by atoms with Crippen LogP contribution in [0.25, 0.3) is 5.57 Å². The predicted molar refractivity (Wildman–Crippen MR) is 168 cm³/mol. The van der Waals surface area contributed by atoms with Gasteiger partial charge in [-0.05, 0) is 71.7 Å². The summed E-state index contributed by atoms with van der Waals surface area (Å²) in [4.78, 5) is 59.6. The number of rotatable bonds is 5. The Morgan fingerprint density at radius 3 is 1.73 bits per heavy atom. The Kier molecular flexibility index (Phi) is 6.12. The van der Waals surface area contributed by atoms with Gasteiger partial charge in [0, 0.05) is 11.8 Å². The van der Waals surface area contributed by atoms with E-state index in [4.69, 9.17) is 0 Å². The molecule has 0 radical (unpaired) electrons. The van der Waals surface area contributed by atoms with Gasteiger partial charge in [0.05, 0.1) is 35.0 Å². The minimum Gasteiger partial charge on any atom is -0.274 e. The first-order chi connectivity index (χ1) is 21.4. The van der Waals surface area contributed by atoms with Gasteiger partial charge in [-0.2, -0.15) is 0 Å². The molecule has 0 aromatic heterocycles. The summed E-state index contributed by atoms with van der Waals surface area (Å²) in [5, 5.41) is 0. The molecule has 7 atom stereocenters. The first-order valence-electron chi connectivity index (χ1n) is 15.8. The van der Waals surface area contributed by atoms with Crippen molar-refractivity contribution in [1.82, 2.24) is 0 Å². The van der Waals surface area contributed by atoms with Crippen molar-refractivity contribution >= 4 is 40.6 Å². The van der Waals surface area contributed by atoms with Crippen molar-refractivity contribution in [3.05, 3.63) is 113 Å². The summed E-state index contributed by atoms with van der Waals surface area (Å²) in [5.74, 6) is -3.89. The SMILES string of the molecule is CCc1ccc(N2C(=O)[C@H]3[C@@H]4C=C[C@H](C5=C(c6ccccc6)C[C@H]6C(=O)N(c7ccc(CC)cc7)C(=O)[C@@H]6[C@H]54)[C@H]3C2=O)cc1. The number of benzene rings is 3. The van der Waals surface area contributed by atoms with Gasteiger partial charge in [-0.1, -0.05) is 86.2 Å². The second kappa shape index (κ2) is 9.98. The zero-order valence-electron chi connectivity index (χ0n) is 24.9. The molecule has 0 N–H and O–H groups in total. The standard InChI is InChI=1S/C38H34N2O4/c1-3-21-10-14-24(15-11-21)39-35(41)29-20-28(23-8-6-5-7-9-23)30-26-18-19-27(31(30)34(29)38(39)44)33-32(26)36(42)40(37(33)43)25-16-12-22(4-2)13-17-25/h5-19,26-27,29,31-34H,3-4,20H2,1-2H3/t26-,27-,29-,31+,32-,33+,34+/m1/s1. The highest BCUT2D eigenvalue weighted by Gasteiger charge is 2.67. The van der Waals surface area contributed by atoms with E-state index in [9.17, 15) is 19.2 Å². The number of hydrogen-bond donors (Lipinski definition) is 0. The maximum Gasteiger partial charge on any atom is 0.238 e. The number of carbonyl (C=O) groups excluding carboxylic acids is 4. The Labute approximate surface area is 257 Å². The average Bonchev–Trinajstić information content (AvgIpc) is 3.50. The fourth-order valence-electron chi connectivity index (χ4n) is 8.79. The summed E-state index contributed by atoms with van der Waals surface area (Å²) in [7, 11) is 0. The molecule has 44 heavy (non-hydrogen) atoms. The number of allylic oxidation sites excluding steroid dienone is 4. The van der Waals surface area contributed by atoms with Crippen molar-refractivity contribution in [2.24, 2.45) is 41.4 Å². The van der Waals surface area contributed by atoms with Crippen molar-refractivity contribution in [3.8, 4) is 0 Å². The molecule has 1 saturated carbocycles. The second-order valence-corrected chi connectivity index (χ2v) is 12.8. The molecule has 2 aliphatic heterocycles. The summed E-state index contributed by atoms with van der Waals surface area (Å²) in [6.45, 7) is 4.14. The Hall–Kier alpha value is -4.58. The van der Waals surface area contributed by atoms with Gasteiger partial charge in [0.25, 0.3) is 0 Å². The first kappa shape index (κ1) is 27.0. The van der Waals surface area contributed by atoms with E-state index >= 15 is 0 Å². The highest BCUT2D eigenvalue weighted by molar-refractivity contribution is 6.24. The molecular formula is C38H34N2O4. The molecule has 3 fully saturated rings. The molecule has 4 amide bonds. The quantitative estimate of drug-likeness (QED) is 0.273. The van der Waals surface area contributed by atoms with E-state index in [2.05, 4.69) is 38.1 Å². The third kappa shape index (κ3) is 3.66. The van der Waals surface area contributed by atoms with E-state index in [1.165, 1.54) is 9.80 Å². The lowest BCUT2D eigenvalue weighted by molar-refractivity contribution is -0.129. The lowest BCUT2D eigenvalue weighted by atomic mass is 9.49. The van der Waals surface area contributed by atoms with Gasteiger partial charge in [0.2, 0.25) is 23.6 Å². The molecule has 3 aromatic rings. The van der Waals surface area contributed by atoms with Gasteiger partial charge >= 0.3 is 0 Å². The maximum atomic E-state index is 14.4. The molecule has 2 saturated heterocycles. The number of anilines is 2. The Balaban J connectivity index is 1.25. The van der Waals surface area contributed by atoms with Gasteiger partial charge in [0.1, 0.15) is 0 Å². The Morgan fingerprint density at radius 1 is 0.591 bits per heavy atom. The monoisotopic (exact) mass is 582 g/mol. The number of carbonyl (C=O) groups is 4. The molecule has 9 rings (SSSR count). The number of aryl methyl sites for hydroxylation is 2. The molecule has 6 aliphatic rings. The topological polar surface area (TPSA) is 74.8 Å². The van der Waals surface area contributed by atoms with Crippen molar-refractivity contribution < 1.29 is 19.2 Å². The Morgan fingerprint density at radius 2 is 1.14 bits per heavy atom. The van der Waals surface area contributed by atoms with E-state index < -0.39 is 23.7 Å². The Bertz CT molecular complexity index is 1770. The number of imide groups is 2. The summed E-state index contributed by atoms with van der Waals surface area (Å²) in [6.07, 6.45) is 6.34. The van der Waals surface area contributed by atoms with Crippen molar-refractivity contribution in [2.45, 2.75) is 33.1 Å². The normalized spacial score (nSPS) is 30.3. The summed E-state index contributed by atoms with van der Waals surface area (Å²) in [6, 6.07) is 25.4. The van der Waals surface area contributed by atoms with Gasteiger partial charge < -0.3 is 0 Å². The predicted octanol–water partition coefficient (Wildman–Crippen LogP) is 6.01. The van der Waals surface area contributed by atoms with Crippen LogP contribution in [-0.2, 0) is 32.0 Å². The third-order valence-electron chi connectivity index (χ3n) is 10.8. The van der Waals surface area contributed by atoms with Crippen LogP contribution in [0.4, 0.5) is 11.4 Å². The molecule has 6 heteroatoms. The van der Waals surface area contributed by atoms with Crippen LogP contribution in [0.2, 0.25) is 0 Å². The molecule has 220 valence electrons. The smallest absolute Gasteiger partial charge is 0.238 e. The lowest BCUT2D eigenvalue weighted by Gasteiger charge is -2.51. The van der Waals surface area contributed by atoms with Gasteiger partial charge in [-0.25, -0.2) is 0 Å². The zero-order valence-corrected chi connectivity index (χ0v) is 24.9. The maximum absolute atomic E-state index is 14.4. The van der Waals surface area contributed by atoms with Crippen LogP contribution in [0, 0.1) is 41.4 Å². The number of hydrogen-bond acceptors (Lipinski definition) is 4. The first-order valence-corrected chi connectivity index (χ1v) is 15.8. The summed E-state index contributed by atoms with van der Waals surface area (Å²) < 4.78 is 0. The number of fused-ring (bicyclic) bond motifs is 1. The van der Waals surface area contributed by atoms with E-state index in [1.807, 2.05) is 66.7 Å². The van der Waals surface area contributed by atoms with E-state index in [-0.39, 0.29) is 41.4 Å². The summed E-state index contributed by atoms with van der Waals surface area (Å²) >= 11 is 0. The van der Waals surface area contributed by atoms with Crippen LogP contribution in [-0.4, -0.2) is 23.6 Å². The van der Waals surface area contributed by atoms with E-state index in [0.29, 0.717) is 17.8 Å². The fraction of sp³-hybridized carbons (Fsp3) is 0.316. The van der Waals surface area contributed by atoms with Crippen molar-refractivity contribution in [2.75, 3.05) is 9.80 Å². The average molecular weight is 583 g/mol. The minimum absolute atomic E-state index is 0.171. The molecule has 4 aliphatic carbocycles. The van der Waals surface area contributed by atoms with Crippen LogP contribution < -0.4 is 9.80 Å². The molecular weight excluding hydrogens is 548 g/mol. The lowest BCUT2D eigenvalue weighted by Crippen LogP contribution is -2.51. The highest BCUT2D eigenvalue weighted by atomic mass is 16.2. The number of amides is 4. The zero-order chi connectivity index (χ0) is 30.3. The molecule has 2 bridgehead atoms. The molecule has 6 nitrogen and oxygen atoms in total. The van der Waals surface area contributed by atoms with Crippen LogP contribution in [0.15, 0.2) is 96.6 Å². The van der Waals surface area contributed by atoms with Crippen LogP contribution in [0.5, 0.6) is 0 Å². The van der Waals surface area contributed by atoms with Crippen LogP contribution >= 0.6 is 0 Å². The second-order valence-electron chi connectivity index (χ2n) is 12.8.